The molecule has 1 aromatic rings. The zero-order chi connectivity index (χ0) is 13.8. The first-order chi connectivity index (χ1) is 8.34. The van der Waals surface area contributed by atoms with E-state index in [4.69, 9.17) is 0 Å². The maximum Gasteiger partial charge on any atom is 0.113 e. The van der Waals surface area contributed by atoms with Crippen LogP contribution in [0.25, 0.3) is 0 Å². The summed E-state index contributed by atoms with van der Waals surface area (Å²) in [5.74, 6) is 0.692. The molecule has 98 valence electrons. The molecule has 0 spiro atoms. The Bertz CT molecular complexity index is 431. The summed E-state index contributed by atoms with van der Waals surface area (Å²) in [5, 5.41) is 13.6. The van der Waals surface area contributed by atoms with E-state index in [-0.39, 0.29) is 0 Å². The van der Waals surface area contributed by atoms with Gasteiger partial charge in [-0.2, -0.15) is 5.26 Å². The molecule has 0 aliphatic rings. The highest BCUT2D eigenvalue weighted by atomic mass is 32.2. The molecule has 0 radical (unpaired) electrons. The molecule has 0 aliphatic carbocycles. The summed E-state index contributed by atoms with van der Waals surface area (Å²) < 4.78 is 0. The Morgan fingerprint density at radius 3 is 2.61 bits per heavy atom. The molecule has 18 heavy (non-hydrogen) atoms. The lowest BCUT2D eigenvalue weighted by Gasteiger charge is -2.25. The Balaban J connectivity index is 2.71. The Hall–Kier alpha value is -1.05. The van der Waals surface area contributed by atoms with Crippen molar-refractivity contribution < 1.29 is 0 Å². The Morgan fingerprint density at radius 1 is 1.44 bits per heavy atom. The number of thioether (sulfide) groups is 1. The van der Waals surface area contributed by atoms with E-state index in [1.807, 2.05) is 13.8 Å². The first-order valence-corrected chi connectivity index (χ1v) is 7.10. The van der Waals surface area contributed by atoms with Crippen molar-refractivity contribution in [3.8, 4) is 6.07 Å². The van der Waals surface area contributed by atoms with E-state index in [1.54, 1.807) is 11.8 Å². The number of nitrogens with zero attached hydrogens (tertiary/aromatic N) is 2. The van der Waals surface area contributed by atoms with E-state index in [2.05, 4.69) is 49.3 Å². The second-order valence-corrected chi connectivity index (χ2v) is 6.15. The molecule has 1 heterocycles. The molecular weight excluding hydrogens is 242 g/mol. The first kappa shape index (κ1) is 15.0. The number of nitrogens with one attached hydrogen (secondary N) is 1. The summed E-state index contributed by atoms with van der Waals surface area (Å²) in [5.41, 5.74) is 1.71. The van der Waals surface area contributed by atoms with Crippen LogP contribution < -0.4 is 5.32 Å². The largest absolute Gasteiger partial charge is 0.297 e. The van der Waals surface area contributed by atoms with Crippen LogP contribution in [0.4, 0.5) is 0 Å². The molecule has 1 rings (SSSR count). The second-order valence-electron chi connectivity index (χ2n) is 5.16. The number of aromatic nitrogens is 1. The van der Waals surface area contributed by atoms with Gasteiger partial charge < -0.3 is 0 Å². The van der Waals surface area contributed by atoms with Crippen LogP contribution in [0.2, 0.25) is 0 Å². The summed E-state index contributed by atoms with van der Waals surface area (Å²) in [6, 6.07) is 6.76. The van der Waals surface area contributed by atoms with Gasteiger partial charge in [0.2, 0.25) is 0 Å². The molecular formula is C14H21N3S. The summed E-state index contributed by atoms with van der Waals surface area (Å²) in [6.45, 7) is 10.1. The molecule has 0 bridgehead atoms. The van der Waals surface area contributed by atoms with Crippen molar-refractivity contribution in [1.29, 1.82) is 5.26 Å². The average molecular weight is 263 g/mol. The molecule has 0 saturated carbocycles. The lowest BCUT2D eigenvalue weighted by Crippen LogP contribution is -2.47. The fraction of sp³-hybridized carbons (Fsp3) is 0.571. The van der Waals surface area contributed by atoms with Crippen molar-refractivity contribution in [3.63, 3.8) is 0 Å². The fourth-order valence-corrected chi connectivity index (χ4v) is 2.90. The van der Waals surface area contributed by atoms with Crippen LogP contribution in [-0.2, 0) is 0 Å². The third-order valence-corrected chi connectivity index (χ3v) is 3.66. The van der Waals surface area contributed by atoms with Crippen molar-refractivity contribution in [3.05, 3.63) is 23.4 Å². The molecule has 1 N–H and O–H groups in total. The van der Waals surface area contributed by atoms with Crippen molar-refractivity contribution >= 4 is 11.8 Å². The second kappa shape index (κ2) is 6.21. The number of nitriles is 1. The summed E-state index contributed by atoms with van der Waals surface area (Å²) >= 11 is 1.63. The van der Waals surface area contributed by atoms with E-state index in [0.717, 1.165) is 10.7 Å². The number of hydrogen-bond acceptors (Lipinski definition) is 4. The Labute approximate surface area is 114 Å². The predicted molar refractivity (Wildman–Crippen MR) is 76.7 cm³/mol. The van der Waals surface area contributed by atoms with Crippen LogP contribution in [0.1, 0.15) is 32.0 Å². The monoisotopic (exact) mass is 263 g/mol. The summed E-state index contributed by atoms with van der Waals surface area (Å²) in [4.78, 5) is 4.48. The van der Waals surface area contributed by atoms with E-state index in [1.165, 1.54) is 5.56 Å². The molecule has 0 aromatic carbocycles. The van der Waals surface area contributed by atoms with Crippen molar-refractivity contribution in [2.24, 2.45) is 0 Å². The molecule has 1 atom stereocenters. The molecule has 4 heteroatoms. The molecule has 0 saturated heterocycles. The van der Waals surface area contributed by atoms with Gasteiger partial charge in [0.15, 0.2) is 0 Å². The minimum Gasteiger partial charge on any atom is -0.297 e. The van der Waals surface area contributed by atoms with Crippen LogP contribution >= 0.6 is 11.8 Å². The van der Waals surface area contributed by atoms with Gasteiger partial charge in [-0.3, -0.25) is 5.32 Å². The predicted octanol–water partition coefficient (Wildman–Crippen LogP) is 3.07. The van der Waals surface area contributed by atoms with Crippen molar-refractivity contribution in [2.75, 3.05) is 5.75 Å². The zero-order valence-electron chi connectivity index (χ0n) is 11.7. The van der Waals surface area contributed by atoms with Crippen LogP contribution in [0.3, 0.4) is 0 Å². The highest BCUT2D eigenvalue weighted by Gasteiger charge is 2.24. The molecule has 3 nitrogen and oxygen atoms in total. The minimum absolute atomic E-state index is 0.294. The topological polar surface area (TPSA) is 48.7 Å². The third-order valence-electron chi connectivity index (χ3n) is 2.44. The Kier molecular flexibility index (Phi) is 5.18. The smallest absolute Gasteiger partial charge is 0.113 e. The van der Waals surface area contributed by atoms with Gasteiger partial charge in [-0.25, -0.2) is 4.98 Å². The maximum atomic E-state index is 9.28. The Morgan fingerprint density at radius 2 is 2.11 bits per heavy atom. The summed E-state index contributed by atoms with van der Waals surface area (Å²) in [6.07, 6.45) is 0. The van der Waals surface area contributed by atoms with Gasteiger partial charge in [0.1, 0.15) is 5.54 Å². The first-order valence-electron chi connectivity index (χ1n) is 6.12. The van der Waals surface area contributed by atoms with Gasteiger partial charge in [0.25, 0.3) is 0 Å². The average Bonchev–Trinajstić information content (AvgIpc) is 2.24. The normalized spacial score (nSPS) is 14.3. The minimum atomic E-state index is -0.516. The SMILES string of the molecule is Cc1cc(C)nc(SCC(C)(C#N)NC(C)C)c1. The van der Waals surface area contributed by atoms with E-state index >= 15 is 0 Å². The van der Waals surface area contributed by atoms with E-state index < -0.39 is 5.54 Å². The van der Waals surface area contributed by atoms with Crippen LogP contribution in [0.15, 0.2) is 17.2 Å². The lowest BCUT2D eigenvalue weighted by molar-refractivity contribution is 0.443. The van der Waals surface area contributed by atoms with Crippen LogP contribution in [-0.4, -0.2) is 22.3 Å². The maximum absolute atomic E-state index is 9.28. The van der Waals surface area contributed by atoms with Gasteiger partial charge in [-0.05, 0) is 52.3 Å². The molecule has 0 fully saturated rings. The molecule has 0 amide bonds. The highest BCUT2D eigenvalue weighted by molar-refractivity contribution is 7.99. The van der Waals surface area contributed by atoms with Gasteiger partial charge >= 0.3 is 0 Å². The fourth-order valence-electron chi connectivity index (χ4n) is 1.84. The van der Waals surface area contributed by atoms with Gasteiger partial charge in [0.05, 0.1) is 11.1 Å². The van der Waals surface area contributed by atoms with E-state index in [0.29, 0.717) is 11.8 Å². The standard InChI is InChI=1S/C14H21N3S/c1-10(2)17-14(5,8-15)9-18-13-7-11(3)6-12(4)16-13/h6-7,10,17H,9H2,1-5H3. The summed E-state index contributed by atoms with van der Waals surface area (Å²) in [7, 11) is 0. The van der Waals surface area contributed by atoms with Gasteiger partial charge in [0, 0.05) is 17.5 Å². The van der Waals surface area contributed by atoms with Gasteiger partial charge in [-0.15, -0.1) is 11.8 Å². The lowest BCUT2D eigenvalue weighted by atomic mass is 10.1. The quantitative estimate of drug-likeness (QED) is 0.829. The van der Waals surface area contributed by atoms with E-state index in [9.17, 15) is 5.26 Å². The molecule has 1 unspecified atom stereocenters. The zero-order valence-corrected chi connectivity index (χ0v) is 12.6. The van der Waals surface area contributed by atoms with Gasteiger partial charge in [-0.1, -0.05) is 0 Å². The van der Waals surface area contributed by atoms with Crippen molar-refractivity contribution in [1.82, 2.24) is 10.3 Å². The highest BCUT2D eigenvalue weighted by Crippen LogP contribution is 2.22. The van der Waals surface area contributed by atoms with Crippen LogP contribution in [0.5, 0.6) is 0 Å². The van der Waals surface area contributed by atoms with Crippen molar-refractivity contribution in [2.45, 2.75) is 51.2 Å². The number of aryl methyl sites for hydroxylation is 2. The molecule has 1 aromatic heterocycles. The number of rotatable bonds is 5. The van der Waals surface area contributed by atoms with Crippen LogP contribution in [0, 0.1) is 25.2 Å². The number of hydrogen-bond donors (Lipinski definition) is 1. The molecule has 0 aliphatic heterocycles. The number of pyridine rings is 1. The third kappa shape index (κ3) is 4.67.